The Hall–Kier alpha value is -1.55. The molecule has 104 valence electrons. The van der Waals surface area contributed by atoms with Crippen LogP contribution >= 0.6 is 0 Å². The predicted octanol–water partition coefficient (Wildman–Crippen LogP) is 1.65. The van der Waals surface area contributed by atoms with Crippen LogP contribution in [0.25, 0.3) is 0 Å². The van der Waals surface area contributed by atoms with Crippen molar-refractivity contribution in [2.75, 3.05) is 19.7 Å². The number of para-hydroxylation sites is 1. The second-order valence-electron chi connectivity index (χ2n) is 5.00. The largest absolute Gasteiger partial charge is 0.492 e. The van der Waals surface area contributed by atoms with Crippen molar-refractivity contribution in [1.82, 2.24) is 5.32 Å². The fourth-order valence-corrected chi connectivity index (χ4v) is 2.43. The number of nitrogens with one attached hydrogen (secondary N) is 1. The Labute approximate surface area is 114 Å². The third-order valence-corrected chi connectivity index (χ3v) is 3.73. The molecule has 0 aromatic heterocycles. The summed E-state index contributed by atoms with van der Waals surface area (Å²) in [7, 11) is 0. The lowest BCUT2D eigenvalue weighted by atomic mass is 9.99. The van der Waals surface area contributed by atoms with Crippen LogP contribution in [0.15, 0.2) is 24.3 Å². The molecule has 0 saturated heterocycles. The third-order valence-electron chi connectivity index (χ3n) is 3.73. The van der Waals surface area contributed by atoms with Gasteiger partial charge in [0.25, 0.3) is 0 Å². The maximum absolute atomic E-state index is 12.2. The van der Waals surface area contributed by atoms with Crippen molar-refractivity contribution in [2.45, 2.75) is 25.7 Å². The molecule has 2 rings (SSSR count). The number of fused-ring (bicyclic) bond motifs is 1. The Morgan fingerprint density at radius 3 is 3.05 bits per heavy atom. The average Bonchev–Trinajstić information content (AvgIpc) is 2.87. The van der Waals surface area contributed by atoms with E-state index in [1.165, 1.54) is 0 Å². The summed E-state index contributed by atoms with van der Waals surface area (Å²) in [5.41, 5.74) is 6.56. The maximum Gasteiger partial charge on any atom is 0.231 e. The summed E-state index contributed by atoms with van der Waals surface area (Å²) in [4.78, 5) is 12.2. The van der Waals surface area contributed by atoms with Gasteiger partial charge in [0.1, 0.15) is 18.3 Å². The second-order valence-corrected chi connectivity index (χ2v) is 5.00. The van der Waals surface area contributed by atoms with E-state index < -0.39 is 0 Å². The summed E-state index contributed by atoms with van der Waals surface area (Å²) in [5.74, 6) is 1.18. The van der Waals surface area contributed by atoms with Gasteiger partial charge in [0, 0.05) is 12.1 Å². The fraction of sp³-hybridized carbons (Fsp3) is 0.533. The van der Waals surface area contributed by atoms with Gasteiger partial charge in [-0.25, -0.2) is 0 Å². The molecule has 1 aliphatic rings. The van der Waals surface area contributed by atoms with Crippen molar-refractivity contribution < 1.29 is 9.53 Å². The highest BCUT2D eigenvalue weighted by molar-refractivity contribution is 5.85. The molecule has 2 atom stereocenters. The van der Waals surface area contributed by atoms with Gasteiger partial charge in [0.2, 0.25) is 5.91 Å². The van der Waals surface area contributed by atoms with E-state index in [0.29, 0.717) is 25.6 Å². The summed E-state index contributed by atoms with van der Waals surface area (Å²) >= 11 is 0. The van der Waals surface area contributed by atoms with Gasteiger partial charge < -0.3 is 15.8 Å². The van der Waals surface area contributed by atoms with Crippen molar-refractivity contribution in [2.24, 2.45) is 11.7 Å². The van der Waals surface area contributed by atoms with Crippen molar-refractivity contribution in [3.63, 3.8) is 0 Å². The summed E-state index contributed by atoms with van der Waals surface area (Å²) < 4.78 is 5.53. The van der Waals surface area contributed by atoms with Crippen molar-refractivity contribution >= 4 is 5.91 Å². The van der Waals surface area contributed by atoms with Gasteiger partial charge in [0.15, 0.2) is 0 Å². The standard InChI is InChI=1S/C15H22N2O2/c1-2-11(7-8-16)9-17-15(18)13-10-19-14-6-4-3-5-12(13)14/h3-6,11,13H,2,7-10,16H2,1H3,(H,17,18). The summed E-state index contributed by atoms with van der Waals surface area (Å²) in [5, 5.41) is 3.03. The Bertz CT molecular complexity index is 434. The number of hydrogen-bond donors (Lipinski definition) is 2. The second kappa shape index (κ2) is 6.57. The lowest BCUT2D eigenvalue weighted by molar-refractivity contribution is -0.122. The minimum Gasteiger partial charge on any atom is -0.492 e. The molecular weight excluding hydrogens is 240 g/mol. The number of carbonyl (C=O) groups is 1. The lowest BCUT2D eigenvalue weighted by Gasteiger charge is -2.16. The highest BCUT2D eigenvalue weighted by Crippen LogP contribution is 2.33. The van der Waals surface area contributed by atoms with Gasteiger partial charge in [-0.1, -0.05) is 31.5 Å². The molecular formula is C15H22N2O2. The van der Waals surface area contributed by atoms with Crippen LogP contribution in [0, 0.1) is 5.92 Å². The zero-order valence-electron chi connectivity index (χ0n) is 11.4. The van der Waals surface area contributed by atoms with Gasteiger partial charge in [-0.3, -0.25) is 4.79 Å². The quantitative estimate of drug-likeness (QED) is 0.819. The lowest BCUT2D eigenvalue weighted by Crippen LogP contribution is -2.34. The molecule has 2 unspecified atom stereocenters. The molecule has 4 heteroatoms. The van der Waals surface area contributed by atoms with E-state index in [9.17, 15) is 4.79 Å². The Kier molecular flexibility index (Phi) is 4.80. The summed E-state index contributed by atoms with van der Waals surface area (Å²) in [6, 6.07) is 7.74. The topological polar surface area (TPSA) is 64.3 Å². The third kappa shape index (κ3) is 3.26. The number of rotatable bonds is 6. The first kappa shape index (κ1) is 13.9. The molecule has 3 N–H and O–H groups in total. The first-order valence-electron chi connectivity index (χ1n) is 6.95. The first-order valence-corrected chi connectivity index (χ1v) is 6.95. The number of ether oxygens (including phenoxy) is 1. The van der Waals surface area contributed by atoms with E-state index in [-0.39, 0.29) is 11.8 Å². The van der Waals surface area contributed by atoms with Crippen LogP contribution in [0.1, 0.15) is 31.2 Å². The zero-order valence-corrected chi connectivity index (χ0v) is 11.4. The van der Waals surface area contributed by atoms with E-state index in [1.807, 2.05) is 24.3 Å². The van der Waals surface area contributed by atoms with Crippen LogP contribution in [0.3, 0.4) is 0 Å². The van der Waals surface area contributed by atoms with Crippen LogP contribution in [-0.2, 0) is 4.79 Å². The van der Waals surface area contributed by atoms with Gasteiger partial charge in [-0.2, -0.15) is 0 Å². The monoisotopic (exact) mass is 262 g/mol. The summed E-state index contributed by atoms with van der Waals surface area (Å²) in [6.07, 6.45) is 1.99. The molecule has 1 aromatic rings. The van der Waals surface area contributed by atoms with Crippen LogP contribution in [0.2, 0.25) is 0 Å². The Morgan fingerprint density at radius 1 is 1.53 bits per heavy atom. The van der Waals surface area contributed by atoms with Crippen LogP contribution < -0.4 is 15.8 Å². The Balaban J connectivity index is 1.91. The molecule has 1 aromatic carbocycles. The number of nitrogens with two attached hydrogens (primary N) is 1. The maximum atomic E-state index is 12.2. The number of carbonyl (C=O) groups excluding carboxylic acids is 1. The fourth-order valence-electron chi connectivity index (χ4n) is 2.43. The van der Waals surface area contributed by atoms with Gasteiger partial charge in [0.05, 0.1) is 0 Å². The molecule has 0 spiro atoms. The van der Waals surface area contributed by atoms with Crippen LogP contribution in [0.4, 0.5) is 0 Å². The molecule has 1 heterocycles. The van der Waals surface area contributed by atoms with E-state index in [1.54, 1.807) is 0 Å². The molecule has 0 fully saturated rings. The molecule has 4 nitrogen and oxygen atoms in total. The zero-order chi connectivity index (χ0) is 13.7. The SMILES string of the molecule is CCC(CCN)CNC(=O)C1COc2ccccc21. The summed E-state index contributed by atoms with van der Waals surface area (Å²) in [6.45, 7) is 3.94. The van der Waals surface area contributed by atoms with Gasteiger partial charge >= 0.3 is 0 Å². The molecule has 1 aliphatic heterocycles. The Morgan fingerprint density at radius 2 is 2.32 bits per heavy atom. The van der Waals surface area contributed by atoms with Crippen molar-refractivity contribution in [3.8, 4) is 5.75 Å². The molecule has 1 amide bonds. The highest BCUT2D eigenvalue weighted by atomic mass is 16.5. The van der Waals surface area contributed by atoms with Crippen LogP contribution in [0.5, 0.6) is 5.75 Å². The molecule has 0 bridgehead atoms. The molecule has 0 saturated carbocycles. The highest BCUT2D eigenvalue weighted by Gasteiger charge is 2.29. The smallest absolute Gasteiger partial charge is 0.231 e. The van der Waals surface area contributed by atoms with Gasteiger partial charge in [-0.05, 0) is 24.9 Å². The minimum absolute atomic E-state index is 0.0559. The minimum atomic E-state index is -0.174. The number of amides is 1. The van der Waals surface area contributed by atoms with E-state index in [2.05, 4.69) is 12.2 Å². The number of benzene rings is 1. The van der Waals surface area contributed by atoms with E-state index in [4.69, 9.17) is 10.5 Å². The van der Waals surface area contributed by atoms with Crippen molar-refractivity contribution in [1.29, 1.82) is 0 Å². The molecule has 0 radical (unpaired) electrons. The average molecular weight is 262 g/mol. The predicted molar refractivity (Wildman–Crippen MR) is 75.1 cm³/mol. The van der Waals surface area contributed by atoms with E-state index >= 15 is 0 Å². The molecule has 19 heavy (non-hydrogen) atoms. The van der Waals surface area contributed by atoms with Crippen LogP contribution in [-0.4, -0.2) is 25.6 Å². The van der Waals surface area contributed by atoms with E-state index in [0.717, 1.165) is 24.2 Å². The van der Waals surface area contributed by atoms with Gasteiger partial charge in [-0.15, -0.1) is 0 Å². The first-order chi connectivity index (χ1) is 9.26. The normalized spacial score (nSPS) is 18.5. The van der Waals surface area contributed by atoms with Crippen molar-refractivity contribution in [3.05, 3.63) is 29.8 Å². The number of hydrogen-bond acceptors (Lipinski definition) is 3. The molecule has 0 aliphatic carbocycles.